The third-order valence-corrected chi connectivity index (χ3v) is 6.04. The fourth-order valence-electron chi connectivity index (χ4n) is 3.54. The summed E-state index contributed by atoms with van der Waals surface area (Å²) >= 11 is 9.84. The van der Waals surface area contributed by atoms with E-state index < -0.39 is 0 Å². The predicted octanol–water partition coefficient (Wildman–Crippen LogP) is 5.91. The van der Waals surface area contributed by atoms with E-state index in [-0.39, 0.29) is 17.9 Å². The lowest BCUT2D eigenvalue weighted by molar-refractivity contribution is -0.121. The number of rotatable bonds is 10. The molecule has 0 saturated carbocycles. The third kappa shape index (κ3) is 8.12. The molecule has 0 fully saturated rings. The highest BCUT2D eigenvalue weighted by Gasteiger charge is 2.20. The van der Waals surface area contributed by atoms with Crippen molar-refractivity contribution in [2.75, 3.05) is 20.6 Å². The average Bonchev–Trinajstić information content (AvgIpc) is 2.66. The van der Waals surface area contributed by atoms with Crippen LogP contribution >= 0.6 is 27.5 Å². The molecule has 0 saturated heterocycles. The molecule has 0 aliphatic rings. The minimum Gasteiger partial charge on any atom is -0.355 e. The number of carbonyl (C=O) groups excluding carboxylic acids is 1. The van der Waals surface area contributed by atoms with Gasteiger partial charge in [-0.25, -0.2) is 0 Å². The van der Waals surface area contributed by atoms with Crippen molar-refractivity contribution in [2.24, 2.45) is 5.92 Å². The monoisotopic (exact) mass is 478 g/mol. The highest BCUT2D eigenvalue weighted by atomic mass is 79.9. The number of amides is 1. The lowest BCUT2D eigenvalue weighted by Gasteiger charge is -2.26. The Morgan fingerprint density at radius 1 is 1.14 bits per heavy atom. The molecule has 0 aromatic heterocycles. The molecule has 0 heterocycles. The quantitative estimate of drug-likeness (QED) is 0.459. The summed E-state index contributed by atoms with van der Waals surface area (Å²) in [7, 11) is 4.07. The molecular formula is C24H32BrClN2O. The van der Waals surface area contributed by atoms with Crippen LogP contribution in [0, 0.1) is 5.92 Å². The first-order valence-electron chi connectivity index (χ1n) is 10.2. The van der Waals surface area contributed by atoms with Crippen LogP contribution in [0.3, 0.4) is 0 Å². The van der Waals surface area contributed by atoms with Crippen molar-refractivity contribution in [1.29, 1.82) is 0 Å². The Kier molecular flexibility index (Phi) is 9.67. The Hall–Kier alpha value is -1.36. The summed E-state index contributed by atoms with van der Waals surface area (Å²) < 4.78 is 0.970. The van der Waals surface area contributed by atoms with Gasteiger partial charge in [-0.15, -0.1) is 0 Å². The molecule has 3 nitrogen and oxygen atoms in total. The molecule has 2 aromatic rings. The number of hydrogen-bond donors (Lipinski definition) is 1. The molecule has 0 aliphatic carbocycles. The van der Waals surface area contributed by atoms with Gasteiger partial charge in [0.25, 0.3) is 0 Å². The summed E-state index contributed by atoms with van der Waals surface area (Å²) in [5, 5.41) is 3.90. The molecule has 158 valence electrons. The molecule has 1 amide bonds. The number of likely N-dealkylation sites (N-methyl/N-ethyl adjacent to an activating group) is 1. The normalized spacial score (nSPS) is 13.5. The number of benzene rings is 2. The fourth-order valence-corrected chi connectivity index (χ4v) is 4.29. The van der Waals surface area contributed by atoms with Crippen LogP contribution in [0.1, 0.15) is 43.7 Å². The Labute approximate surface area is 189 Å². The van der Waals surface area contributed by atoms with Crippen LogP contribution < -0.4 is 5.32 Å². The van der Waals surface area contributed by atoms with E-state index in [1.54, 1.807) is 0 Å². The van der Waals surface area contributed by atoms with E-state index >= 15 is 0 Å². The molecule has 1 N–H and O–H groups in total. The summed E-state index contributed by atoms with van der Waals surface area (Å²) in [6.45, 7) is 5.01. The zero-order valence-corrected chi connectivity index (χ0v) is 20.1. The second-order valence-electron chi connectivity index (χ2n) is 8.30. The second kappa shape index (κ2) is 11.7. The number of hydrogen-bond acceptors (Lipinski definition) is 2. The van der Waals surface area contributed by atoms with Crippen LogP contribution in [0.5, 0.6) is 0 Å². The topological polar surface area (TPSA) is 32.3 Å². The summed E-state index contributed by atoms with van der Waals surface area (Å²) in [4.78, 5) is 14.9. The highest BCUT2D eigenvalue weighted by Crippen LogP contribution is 2.27. The van der Waals surface area contributed by atoms with Gasteiger partial charge in [0.05, 0.1) is 0 Å². The molecule has 2 atom stereocenters. The van der Waals surface area contributed by atoms with E-state index in [0.29, 0.717) is 18.9 Å². The molecule has 5 heteroatoms. The van der Waals surface area contributed by atoms with Gasteiger partial charge in [0.2, 0.25) is 5.91 Å². The molecule has 0 unspecified atom stereocenters. The first kappa shape index (κ1) is 23.9. The maximum absolute atomic E-state index is 12.7. The number of halogens is 2. The van der Waals surface area contributed by atoms with Crippen molar-refractivity contribution >= 4 is 33.4 Å². The standard InChI is InChI=1S/C24H32BrClN2O/c1-17(2)12-20(18-8-6-5-7-9-18)14-24(29)27-16-22(28(3)4)13-19-10-11-21(25)15-23(19)26/h5-11,15,17,20,22H,12-14,16H2,1-4H3,(H,27,29)/t20-,22+/m1/s1. The largest absolute Gasteiger partial charge is 0.355 e. The second-order valence-corrected chi connectivity index (χ2v) is 9.63. The van der Waals surface area contributed by atoms with Crippen molar-refractivity contribution < 1.29 is 4.79 Å². The van der Waals surface area contributed by atoms with E-state index in [1.165, 1.54) is 5.56 Å². The van der Waals surface area contributed by atoms with Gasteiger partial charge in [0, 0.05) is 28.5 Å². The maximum atomic E-state index is 12.7. The minimum atomic E-state index is 0.105. The summed E-state index contributed by atoms with van der Waals surface area (Å²) in [5.74, 6) is 0.894. The van der Waals surface area contributed by atoms with Crippen molar-refractivity contribution in [2.45, 2.75) is 45.1 Å². The number of nitrogens with one attached hydrogen (secondary N) is 1. The zero-order valence-electron chi connectivity index (χ0n) is 17.8. The Morgan fingerprint density at radius 3 is 2.41 bits per heavy atom. The van der Waals surface area contributed by atoms with Crippen molar-refractivity contribution in [3.63, 3.8) is 0 Å². The van der Waals surface area contributed by atoms with Crippen molar-refractivity contribution in [3.8, 4) is 0 Å². The summed E-state index contributed by atoms with van der Waals surface area (Å²) in [6.07, 6.45) is 2.30. The van der Waals surface area contributed by atoms with Gasteiger partial charge in [-0.2, -0.15) is 0 Å². The molecule has 0 aliphatic heterocycles. The van der Waals surface area contributed by atoms with Gasteiger partial charge in [0.15, 0.2) is 0 Å². The first-order valence-corrected chi connectivity index (χ1v) is 11.3. The number of nitrogens with zero attached hydrogens (tertiary/aromatic N) is 1. The van der Waals surface area contributed by atoms with Gasteiger partial charge >= 0.3 is 0 Å². The molecule has 2 rings (SSSR count). The first-order chi connectivity index (χ1) is 13.8. The lowest BCUT2D eigenvalue weighted by atomic mass is 9.87. The summed E-state index contributed by atoms with van der Waals surface area (Å²) in [5.41, 5.74) is 2.33. The molecule has 2 aromatic carbocycles. The molecule has 29 heavy (non-hydrogen) atoms. The van der Waals surface area contributed by atoms with Crippen LogP contribution in [-0.2, 0) is 11.2 Å². The van der Waals surface area contributed by atoms with E-state index in [9.17, 15) is 4.79 Å². The zero-order chi connectivity index (χ0) is 21.4. The SMILES string of the molecule is CC(C)C[C@H](CC(=O)NC[C@H](Cc1ccc(Br)cc1Cl)N(C)C)c1ccccc1. The van der Waals surface area contributed by atoms with E-state index in [2.05, 4.69) is 52.1 Å². The third-order valence-electron chi connectivity index (χ3n) is 5.19. The van der Waals surface area contributed by atoms with Gasteiger partial charge in [0.1, 0.15) is 0 Å². The Morgan fingerprint density at radius 2 is 1.83 bits per heavy atom. The molecule has 0 spiro atoms. The van der Waals surface area contributed by atoms with E-state index in [0.717, 1.165) is 27.9 Å². The smallest absolute Gasteiger partial charge is 0.220 e. The van der Waals surface area contributed by atoms with Crippen LogP contribution in [0.15, 0.2) is 53.0 Å². The fraction of sp³-hybridized carbons (Fsp3) is 0.458. The van der Waals surface area contributed by atoms with Crippen LogP contribution in [-0.4, -0.2) is 37.5 Å². The molecule has 0 bridgehead atoms. The average molecular weight is 480 g/mol. The lowest BCUT2D eigenvalue weighted by Crippen LogP contribution is -2.42. The summed E-state index contributed by atoms with van der Waals surface area (Å²) in [6, 6.07) is 16.5. The highest BCUT2D eigenvalue weighted by molar-refractivity contribution is 9.10. The van der Waals surface area contributed by atoms with Crippen LogP contribution in [0.25, 0.3) is 0 Å². The van der Waals surface area contributed by atoms with E-state index in [1.807, 2.05) is 50.5 Å². The van der Waals surface area contributed by atoms with Crippen LogP contribution in [0.2, 0.25) is 5.02 Å². The molecular weight excluding hydrogens is 448 g/mol. The van der Waals surface area contributed by atoms with Gasteiger partial charge in [-0.1, -0.05) is 77.8 Å². The van der Waals surface area contributed by atoms with Gasteiger partial charge in [-0.3, -0.25) is 4.79 Å². The Bertz CT molecular complexity index is 780. The Balaban J connectivity index is 1.98. The van der Waals surface area contributed by atoms with Gasteiger partial charge in [-0.05, 0) is 62.0 Å². The predicted molar refractivity (Wildman–Crippen MR) is 127 cm³/mol. The van der Waals surface area contributed by atoms with Crippen molar-refractivity contribution in [3.05, 3.63) is 69.2 Å². The maximum Gasteiger partial charge on any atom is 0.220 e. The van der Waals surface area contributed by atoms with E-state index in [4.69, 9.17) is 11.6 Å². The molecule has 0 radical (unpaired) electrons. The van der Waals surface area contributed by atoms with Gasteiger partial charge < -0.3 is 10.2 Å². The number of carbonyl (C=O) groups is 1. The van der Waals surface area contributed by atoms with Crippen LogP contribution in [0.4, 0.5) is 0 Å². The minimum absolute atomic E-state index is 0.105. The van der Waals surface area contributed by atoms with Crippen molar-refractivity contribution in [1.82, 2.24) is 10.2 Å².